The van der Waals surface area contributed by atoms with Crippen molar-refractivity contribution in [3.63, 3.8) is 0 Å². The number of nitrogens with zero attached hydrogens (tertiary/aromatic N) is 2. The van der Waals surface area contributed by atoms with Gasteiger partial charge in [0.2, 0.25) is 5.88 Å². The Kier molecular flexibility index (Phi) is 12.1. The van der Waals surface area contributed by atoms with E-state index in [0.29, 0.717) is 43.6 Å². The average molecular weight is 674 g/mol. The number of unbranched alkanes of at least 4 members (excludes halogenated alkanes) is 3. The number of nitrogens with two attached hydrogens (primary N) is 1. The van der Waals surface area contributed by atoms with Crippen molar-refractivity contribution in [2.45, 2.75) is 75.4 Å². The maximum Gasteiger partial charge on any atom is 0.319 e. The minimum Gasteiger partial charge on any atom is -0.493 e. The fraction of sp³-hybridized carbons (Fsp3) is 0.424. The van der Waals surface area contributed by atoms with Crippen molar-refractivity contribution >= 4 is 27.5 Å². The number of anilines is 1. The summed E-state index contributed by atoms with van der Waals surface area (Å²) in [6.45, 7) is 3.49. The zero-order valence-electron chi connectivity index (χ0n) is 26.7. The Morgan fingerprint density at radius 2 is 1.85 bits per heavy atom. The lowest BCUT2D eigenvalue weighted by molar-refractivity contribution is 0.0996. The Hall–Kier alpha value is -4.30. The number of pyridine rings is 1. The first-order chi connectivity index (χ1) is 22.4. The Bertz CT molecular complexity index is 1670. The van der Waals surface area contributed by atoms with Crippen LogP contribution in [-0.4, -0.2) is 62.2 Å². The highest BCUT2D eigenvalue weighted by molar-refractivity contribution is 7.90. The normalized spacial score (nSPS) is 16.8. The minimum atomic E-state index is -3.41. The number of halogens is 2. The molecule has 1 fully saturated rings. The molecule has 254 valence electrons. The molecule has 1 saturated heterocycles. The summed E-state index contributed by atoms with van der Waals surface area (Å²) in [6, 6.07) is 8.79. The van der Waals surface area contributed by atoms with Crippen LogP contribution in [0.4, 0.5) is 19.3 Å². The molecule has 47 heavy (non-hydrogen) atoms. The Balaban J connectivity index is 1.39. The number of sulfone groups is 1. The molecule has 4 rings (SSSR count). The molecule has 4 N–H and O–H groups in total. The van der Waals surface area contributed by atoms with Crippen molar-refractivity contribution in [3.05, 3.63) is 71.4 Å². The van der Waals surface area contributed by atoms with E-state index in [9.17, 15) is 26.8 Å². The first-order valence-corrected chi connectivity index (χ1v) is 17.4. The SMILES string of the molecule is CCCCCCC1CC(NC(=O)Nc2cc(C(N)=O)c(F)cc2F)CCN1Cc1ccc(Oc2ccc(S(C)(=O)=O)cc2OC)nc1. The van der Waals surface area contributed by atoms with Gasteiger partial charge in [0, 0.05) is 55.8 Å². The second kappa shape index (κ2) is 16.0. The highest BCUT2D eigenvalue weighted by atomic mass is 32.2. The zero-order valence-corrected chi connectivity index (χ0v) is 27.5. The van der Waals surface area contributed by atoms with Crippen molar-refractivity contribution in [3.8, 4) is 17.4 Å². The Labute approximate surface area is 273 Å². The summed E-state index contributed by atoms with van der Waals surface area (Å²) in [5.74, 6) is -2.25. The van der Waals surface area contributed by atoms with Crippen LogP contribution in [0, 0.1) is 11.6 Å². The minimum absolute atomic E-state index is 0.120. The average Bonchev–Trinajstić information content (AvgIpc) is 3.02. The van der Waals surface area contributed by atoms with Gasteiger partial charge in [-0.1, -0.05) is 38.7 Å². The largest absolute Gasteiger partial charge is 0.493 e. The molecule has 0 bridgehead atoms. The number of aromatic nitrogens is 1. The van der Waals surface area contributed by atoms with Crippen LogP contribution < -0.4 is 25.8 Å². The quantitative estimate of drug-likeness (QED) is 0.182. The van der Waals surface area contributed by atoms with Crippen LogP contribution in [0.1, 0.15) is 67.8 Å². The molecule has 3 amide bonds. The molecule has 0 saturated carbocycles. The van der Waals surface area contributed by atoms with Gasteiger partial charge in [-0.05, 0) is 43.0 Å². The van der Waals surface area contributed by atoms with Crippen LogP contribution >= 0.6 is 0 Å². The summed E-state index contributed by atoms with van der Waals surface area (Å²) in [5.41, 5.74) is 5.27. The summed E-state index contributed by atoms with van der Waals surface area (Å²) in [6.07, 6.45) is 9.51. The summed E-state index contributed by atoms with van der Waals surface area (Å²) in [5, 5.41) is 5.28. The van der Waals surface area contributed by atoms with E-state index in [-0.39, 0.29) is 28.4 Å². The lowest BCUT2D eigenvalue weighted by Crippen LogP contribution is -2.50. The first kappa shape index (κ1) is 35.6. The number of benzene rings is 2. The number of likely N-dealkylation sites (tertiary alicyclic amines) is 1. The molecule has 2 heterocycles. The molecule has 2 unspecified atom stereocenters. The van der Waals surface area contributed by atoms with E-state index in [0.717, 1.165) is 50.0 Å². The molecule has 1 aromatic heterocycles. The lowest BCUT2D eigenvalue weighted by atomic mass is 9.92. The summed E-state index contributed by atoms with van der Waals surface area (Å²) in [7, 11) is -1.98. The molecule has 1 aliphatic heterocycles. The number of carbonyl (C=O) groups is 2. The molecule has 2 aromatic carbocycles. The van der Waals surface area contributed by atoms with E-state index in [4.69, 9.17) is 15.2 Å². The Morgan fingerprint density at radius 3 is 2.51 bits per heavy atom. The number of nitrogens with one attached hydrogen (secondary N) is 2. The van der Waals surface area contributed by atoms with E-state index >= 15 is 0 Å². The molecule has 14 heteroatoms. The van der Waals surface area contributed by atoms with Crippen LogP contribution in [0.2, 0.25) is 0 Å². The molecule has 1 aliphatic rings. The van der Waals surface area contributed by atoms with Crippen LogP contribution in [0.3, 0.4) is 0 Å². The fourth-order valence-electron chi connectivity index (χ4n) is 5.60. The second-order valence-electron chi connectivity index (χ2n) is 11.7. The molecule has 0 spiro atoms. The van der Waals surface area contributed by atoms with Crippen molar-refractivity contribution in [1.29, 1.82) is 0 Å². The van der Waals surface area contributed by atoms with Crippen molar-refractivity contribution in [2.75, 3.05) is 25.2 Å². The van der Waals surface area contributed by atoms with Gasteiger partial charge in [-0.15, -0.1) is 0 Å². The van der Waals surface area contributed by atoms with Crippen LogP contribution in [0.15, 0.2) is 53.6 Å². The van der Waals surface area contributed by atoms with Crippen molar-refractivity contribution in [2.24, 2.45) is 5.73 Å². The number of hydrogen-bond donors (Lipinski definition) is 3. The fourth-order valence-corrected chi connectivity index (χ4v) is 6.23. The van der Waals surface area contributed by atoms with E-state index in [1.54, 1.807) is 12.3 Å². The smallest absolute Gasteiger partial charge is 0.319 e. The second-order valence-corrected chi connectivity index (χ2v) is 13.7. The monoisotopic (exact) mass is 673 g/mol. The maximum absolute atomic E-state index is 14.3. The number of amides is 3. The molecular formula is C33H41F2N5O6S. The number of hydrogen-bond acceptors (Lipinski definition) is 8. The van der Waals surface area contributed by atoms with Crippen molar-refractivity contribution < 1.29 is 36.3 Å². The first-order valence-electron chi connectivity index (χ1n) is 15.5. The van der Waals surface area contributed by atoms with Gasteiger partial charge in [-0.3, -0.25) is 9.69 Å². The van der Waals surface area contributed by atoms with E-state index in [1.807, 2.05) is 6.07 Å². The summed E-state index contributed by atoms with van der Waals surface area (Å²) in [4.78, 5) is 31.2. The lowest BCUT2D eigenvalue weighted by Gasteiger charge is -2.40. The maximum atomic E-state index is 14.3. The van der Waals surface area contributed by atoms with E-state index in [2.05, 4.69) is 27.4 Å². The predicted molar refractivity (Wildman–Crippen MR) is 173 cm³/mol. The van der Waals surface area contributed by atoms with E-state index < -0.39 is 39.0 Å². The van der Waals surface area contributed by atoms with Crippen LogP contribution in [0.25, 0.3) is 0 Å². The third kappa shape index (κ3) is 9.85. The van der Waals surface area contributed by atoms with Crippen LogP contribution in [-0.2, 0) is 16.4 Å². The highest BCUT2D eigenvalue weighted by Crippen LogP contribution is 2.33. The molecular weight excluding hydrogens is 632 g/mol. The summed E-state index contributed by atoms with van der Waals surface area (Å²) >= 11 is 0. The third-order valence-corrected chi connectivity index (χ3v) is 9.21. The number of carbonyl (C=O) groups excluding carboxylic acids is 2. The molecule has 0 aliphatic carbocycles. The number of primary amides is 1. The number of urea groups is 1. The number of methoxy groups -OCH3 is 1. The zero-order chi connectivity index (χ0) is 34.1. The van der Waals surface area contributed by atoms with Gasteiger partial charge in [0.15, 0.2) is 21.3 Å². The number of piperidine rings is 1. The van der Waals surface area contributed by atoms with Gasteiger partial charge in [0.1, 0.15) is 11.6 Å². The third-order valence-electron chi connectivity index (χ3n) is 8.10. The van der Waals surface area contributed by atoms with Gasteiger partial charge < -0.3 is 25.8 Å². The van der Waals surface area contributed by atoms with Gasteiger partial charge >= 0.3 is 6.03 Å². The Morgan fingerprint density at radius 1 is 1.06 bits per heavy atom. The topological polar surface area (TPSA) is 153 Å². The van der Waals surface area contributed by atoms with Gasteiger partial charge in [-0.2, -0.15) is 0 Å². The number of ether oxygens (including phenoxy) is 2. The summed E-state index contributed by atoms with van der Waals surface area (Å²) < 4.78 is 63.1. The molecule has 11 nitrogen and oxygen atoms in total. The van der Waals surface area contributed by atoms with Gasteiger partial charge in [0.25, 0.3) is 5.91 Å². The number of rotatable bonds is 14. The predicted octanol–water partition coefficient (Wildman–Crippen LogP) is 5.79. The molecule has 0 radical (unpaired) electrons. The highest BCUT2D eigenvalue weighted by Gasteiger charge is 2.29. The van der Waals surface area contributed by atoms with Gasteiger partial charge in [-0.25, -0.2) is 27.0 Å². The van der Waals surface area contributed by atoms with Crippen molar-refractivity contribution in [1.82, 2.24) is 15.2 Å². The molecule has 2 atom stereocenters. The van der Waals surface area contributed by atoms with Crippen LogP contribution in [0.5, 0.6) is 17.4 Å². The molecule has 3 aromatic rings. The van der Waals surface area contributed by atoms with E-state index in [1.165, 1.54) is 25.3 Å². The standard InChI is InChI=1S/C33H41F2N5O6S/c1-4-5-6-7-8-23-15-22(38-33(42)39-28-17-25(32(36)41)26(34)18-27(28)35)13-14-40(23)20-21-9-12-31(37-19-21)46-29-11-10-24(47(3,43)44)16-30(29)45-2/h9-12,16-19,22-23H,4-8,13-15,20H2,1-3H3,(H2,36,41)(H2,38,39,42). The van der Waals surface area contributed by atoms with Gasteiger partial charge in [0.05, 0.1) is 23.3 Å².